The number of aromatic nitrogens is 10. The predicted octanol–water partition coefficient (Wildman–Crippen LogP) is 7.54. The van der Waals surface area contributed by atoms with Gasteiger partial charge in [-0.25, -0.2) is 29.5 Å². The maximum absolute atomic E-state index is 13.1. The maximum Gasteiger partial charge on any atom is 0.326 e. The van der Waals surface area contributed by atoms with Gasteiger partial charge in [0.05, 0.1) is 23.8 Å². The Morgan fingerprint density at radius 3 is 1.82 bits per heavy atom. The highest BCUT2D eigenvalue weighted by Crippen LogP contribution is 2.25. The van der Waals surface area contributed by atoms with E-state index in [1.807, 2.05) is 78.7 Å². The van der Waals surface area contributed by atoms with Crippen molar-refractivity contribution in [2.24, 2.45) is 0 Å². The first-order chi connectivity index (χ1) is 30.3. The van der Waals surface area contributed by atoms with Gasteiger partial charge in [0.25, 0.3) is 0 Å². The normalized spacial score (nSPS) is 10.7. The molecular formula is C44H38N16O2. The summed E-state index contributed by atoms with van der Waals surface area (Å²) in [5.41, 5.74) is 4.89. The molecule has 306 valence electrons. The van der Waals surface area contributed by atoms with Crippen LogP contribution in [0.3, 0.4) is 0 Å². The summed E-state index contributed by atoms with van der Waals surface area (Å²) in [6, 6.07) is 34.6. The van der Waals surface area contributed by atoms with Gasteiger partial charge < -0.3 is 20.9 Å². The minimum Gasteiger partial charge on any atom is -0.366 e. The van der Waals surface area contributed by atoms with Crippen molar-refractivity contribution in [1.82, 2.24) is 49.8 Å². The molecule has 18 heteroatoms. The fourth-order valence-electron chi connectivity index (χ4n) is 6.05. The summed E-state index contributed by atoms with van der Waals surface area (Å²) in [6.45, 7) is 2.33. The van der Waals surface area contributed by atoms with E-state index in [1.165, 1.54) is 0 Å². The van der Waals surface area contributed by atoms with Crippen LogP contribution < -0.4 is 31.5 Å². The number of pyridine rings is 4. The van der Waals surface area contributed by atoms with Crippen LogP contribution in [-0.4, -0.2) is 68.9 Å². The number of aryl methyl sites for hydroxylation is 1. The standard InChI is InChI=1S/C44H38N16O2/c1-28-50-39(34-15-6-8-21-45-34)56-41(51-28)58-43(61)53-32-18-20-38(49-27-32)60(2)33-14-10-13-30(23-33)24-37-54-40(35-16-7-9-22-46-35)57-42(55-37)59-44(62)52-31-17-19-36(48-26-31)47-25-29-11-4-3-5-12-29/h3-23,26-27H,24-25H2,1-2H3,(H,47,48)(H2,50,51,53,56,58,61)(H2,52,54,55,57,59,62). The lowest BCUT2D eigenvalue weighted by atomic mass is 10.1. The molecule has 0 saturated carbocycles. The molecule has 0 fully saturated rings. The highest BCUT2D eigenvalue weighted by molar-refractivity contribution is 5.99. The Labute approximate surface area is 355 Å². The van der Waals surface area contributed by atoms with Crippen LogP contribution >= 0.6 is 0 Å². The average Bonchev–Trinajstić information content (AvgIpc) is 3.29. The number of hydrogen-bond acceptors (Lipinski definition) is 14. The Kier molecular flexibility index (Phi) is 12.2. The molecule has 4 amide bonds. The van der Waals surface area contributed by atoms with Crippen LogP contribution in [0.15, 0.2) is 140 Å². The first-order valence-corrected chi connectivity index (χ1v) is 19.3. The Morgan fingerprint density at radius 2 is 1.19 bits per heavy atom. The fraction of sp³-hybridized carbons (Fsp3) is 0.0909. The number of rotatable bonds is 13. The molecule has 8 rings (SSSR count). The van der Waals surface area contributed by atoms with Gasteiger partial charge >= 0.3 is 12.1 Å². The average molecular weight is 823 g/mol. The van der Waals surface area contributed by atoms with Crippen LogP contribution in [-0.2, 0) is 13.0 Å². The maximum atomic E-state index is 13.1. The number of nitrogens with one attached hydrogen (secondary N) is 5. The van der Waals surface area contributed by atoms with E-state index in [0.29, 0.717) is 70.7 Å². The van der Waals surface area contributed by atoms with Crippen LogP contribution in [0.4, 0.5) is 50.2 Å². The van der Waals surface area contributed by atoms with Gasteiger partial charge in [0.1, 0.15) is 34.7 Å². The predicted molar refractivity (Wildman–Crippen MR) is 236 cm³/mol. The van der Waals surface area contributed by atoms with Gasteiger partial charge in [0, 0.05) is 38.1 Å². The second kappa shape index (κ2) is 18.9. The summed E-state index contributed by atoms with van der Waals surface area (Å²) in [4.78, 5) is 72.3. The lowest BCUT2D eigenvalue weighted by Gasteiger charge is -2.19. The van der Waals surface area contributed by atoms with Gasteiger partial charge in [0.2, 0.25) is 11.9 Å². The van der Waals surface area contributed by atoms with Gasteiger partial charge in [-0.15, -0.1) is 0 Å². The molecule has 0 unspecified atom stereocenters. The third-order valence-corrected chi connectivity index (χ3v) is 9.01. The van der Waals surface area contributed by atoms with Crippen molar-refractivity contribution in [1.29, 1.82) is 0 Å². The van der Waals surface area contributed by atoms with Crippen LogP contribution in [0.25, 0.3) is 23.0 Å². The number of nitrogens with zero attached hydrogens (tertiary/aromatic N) is 11. The van der Waals surface area contributed by atoms with E-state index >= 15 is 0 Å². The molecule has 0 aliphatic heterocycles. The van der Waals surface area contributed by atoms with E-state index in [0.717, 1.165) is 16.8 Å². The monoisotopic (exact) mass is 822 g/mol. The van der Waals surface area contributed by atoms with Gasteiger partial charge in [0.15, 0.2) is 11.6 Å². The molecule has 8 aromatic rings. The van der Waals surface area contributed by atoms with Crippen molar-refractivity contribution in [3.8, 4) is 23.0 Å². The van der Waals surface area contributed by atoms with E-state index in [4.69, 9.17) is 4.98 Å². The third-order valence-electron chi connectivity index (χ3n) is 9.01. The number of carbonyl (C=O) groups is 2. The van der Waals surface area contributed by atoms with E-state index < -0.39 is 12.1 Å². The number of amides is 4. The van der Waals surface area contributed by atoms with Gasteiger partial charge in [-0.3, -0.25) is 20.6 Å². The minimum atomic E-state index is -0.549. The summed E-state index contributed by atoms with van der Waals surface area (Å²) < 4.78 is 0. The molecule has 0 radical (unpaired) electrons. The van der Waals surface area contributed by atoms with Crippen LogP contribution in [0.2, 0.25) is 0 Å². The lowest BCUT2D eigenvalue weighted by molar-refractivity contribution is 0.261. The molecule has 62 heavy (non-hydrogen) atoms. The second-order valence-corrected chi connectivity index (χ2v) is 13.6. The Morgan fingerprint density at radius 1 is 0.565 bits per heavy atom. The molecule has 0 aliphatic rings. The molecule has 6 heterocycles. The highest BCUT2D eigenvalue weighted by atomic mass is 16.2. The third kappa shape index (κ3) is 10.6. The van der Waals surface area contributed by atoms with Crippen LogP contribution in [0, 0.1) is 6.92 Å². The molecule has 5 N–H and O–H groups in total. The molecule has 2 aromatic carbocycles. The number of benzene rings is 2. The first-order valence-electron chi connectivity index (χ1n) is 19.3. The molecule has 6 aromatic heterocycles. The molecule has 0 spiro atoms. The summed E-state index contributed by atoms with van der Waals surface area (Å²) in [5, 5.41) is 14.2. The van der Waals surface area contributed by atoms with Crippen LogP contribution in [0.5, 0.6) is 0 Å². The Balaban J connectivity index is 0.910. The zero-order valence-corrected chi connectivity index (χ0v) is 33.4. The summed E-state index contributed by atoms with van der Waals surface area (Å²) in [7, 11) is 1.89. The molecule has 0 aliphatic carbocycles. The van der Waals surface area contributed by atoms with Gasteiger partial charge in [-0.1, -0.05) is 54.6 Å². The Bertz CT molecular complexity index is 2780. The van der Waals surface area contributed by atoms with Gasteiger partial charge in [-0.05, 0) is 78.7 Å². The molecule has 0 bridgehead atoms. The molecule has 0 atom stereocenters. The van der Waals surface area contributed by atoms with Crippen molar-refractivity contribution in [2.75, 3.05) is 38.5 Å². The first kappa shape index (κ1) is 40.0. The summed E-state index contributed by atoms with van der Waals surface area (Å²) in [5.74, 6) is 2.95. The number of carbonyl (C=O) groups excluding carboxylic acids is 2. The number of hydrogen-bond donors (Lipinski definition) is 5. The summed E-state index contributed by atoms with van der Waals surface area (Å²) in [6.07, 6.45) is 6.72. The molecule has 18 nitrogen and oxygen atoms in total. The Hall–Kier alpha value is -8.80. The minimum absolute atomic E-state index is 0.0553. The zero-order valence-electron chi connectivity index (χ0n) is 33.4. The number of urea groups is 2. The van der Waals surface area contributed by atoms with E-state index in [2.05, 4.69) is 71.4 Å². The SMILES string of the molecule is Cc1nc(NC(=O)Nc2ccc(N(C)c3cccc(Cc4nc(NC(=O)Nc5ccc(NCc6ccccc6)nc5)nc(-c5ccccn5)n4)c3)nc2)nc(-c2ccccn2)n1. The van der Waals surface area contributed by atoms with E-state index in [-0.39, 0.29) is 11.9 Å². The smallest absolute Gasteiger partial charge is 0.326 e. The zero-order chi connectivity index (χ0) is 42.7. The van der Waals surface area contributed by atoms with Gasteiger partial charge in [-0.2, -0.15) is 19.9 Å². The van der Waals surface area contributed by atoms with Crippen LogP contribution in [0.1, 0.15) is 22.8 Å². The second-order valence-electron chi connectivity index (χ2n) is 13.6. The van der Waals surface area contributed by atoms with E-state index in [1.54, 1.807) is 80.2 Å². The largest absolute Gasteiger partial charge is 0.366 e. The van der Waals surface area contributed by atoms with Crippen molar-refractivity contribution in [3.05, 3.63) is 163 Å². The van der Waals surface area contributed by atoms with E-state index in [9.17, 15) is 9.59 Å². The molecule has 0 saturated heterocycles. The lowest BCUT2D eigenvalue weighted by Crippen LogP contribution is -2.22. The van der Waals surface area contributed by atoms with Crippen molar-refractivity contribution < 1.29 is 9.59 Å². The summed E-state index contributed by atoms with van der Waals surface area (Å²) >= 11 is 0. The topological polar surface area (TPSA) is 226 Å². The van der Waals surface area contributed by atoms with Crippen molar-refractivity contribution >= 4 is 52.7 Å². The fourth-order valence-corrected chi connectivity index (χ4v) is 6.05. The van der Waals surface area contributed by atoms with Crippen molar-refractivity contribution in [2.45, 2.75) is 19.9 Å². The number of anilines is 7. The molecular weight excluding hydrogens is 785 g/mol. The highest BCUT2D eigenvalue weighted by Gasteiger charge is 2.15. The quantitative estimate of drug-likeness (QED) is 0.0758. The van der Waals surface area contributed by atoms with Crippen molar-refractivity contribution in [3.63, 3.8) is 0 Å².